The van der Waals surface area contributed by atoms with Crippen molar-refractivity contribution in [1.82, 2.24) is 10.2 Å². The van der Waals surface area contributed by atoms with Gasteiger partial charge in [-0.2, -0.15) is 12.6 Å². The molecule has 1 heterocycles. The van der Waals surface area contributed by atoms with Crippen molar-refractivity contribution in [1.29, 1.82) is 0 Å². The summed E-state index contributed by atoms with van der Waals surface area (Å²) in [5.74, 6) is -1.62. The van der Waals surface area contributed by atoms with Crippen LogP contribution in [-0.4, -0.2) is 52.2 Å². The third-order valence-electron chi connectivity index (χ3n) is 3.71. The molecule has 22 heavy (non-hydrogen) atoms. The Morgan fingerprint density at radius 3 is 2.55 bits per heavy atom. The molecule has 2 atom stereocenters. The molecule has 6 nitrogen and oxygen atoms in total. The topological polar surface area (TPSA) is 86.7 Å². The predicted molar refractivity (Wildman–Crippen MR) is 83.9 cm³/mol. The van der Waals surface area contributed by atoms with Gasteiger partial charge in [0.15, 0.2) is 0 Å². The number of amides is 2. The number of nitrogens with one attached hydrogen (secondary N) is 1. The van der Waals surface area contributed by atoms with Crippen LogP contribution in [0.1, 0.15) is 23.2 Å². The SMILES string of the molecule is O=C(NC1CCN(C(=O)CS)C(C(=O)O)C1)c1ccccc1. The van der Waals surface area contributed by atoms with E-state index < -0.39 is 12.0 Å². The van der Waals surface area contributed by atoms with E-state index in [1.54, 1.807) is 24.3 Å². The van der Waals surface area contributed by atoms with Crippen LogP contribution in [0.25, 0.3) is 0 Å². The van der Waals surface area contributed by atoms with Gasteiger partial charge in [-0.1, -0.05) is 18.2 Å². The Hall–Kier alpha value is -2.02. The minimum atomic E-state index is -1.06. The van der Waals surface area contributed by atoms with Crippen LogP contribution in [0, 0.1) is 0 Å². The molecule has 118 valence electrons. The molecule has 2 rings (SSSR count). The second kappa shape index (κ2) is 7.31. The van der Waals surface area contributed by atoms with Gasteiger partial charge in [-0.25, -0.2) is 4.79 Å². The summed E-state index contributed by atoms with van der Waals surface area (Å²) in [6.07, 6.45) is 0.731. The Morgan fingerprint density at radius 1 is 1.27 bits per heavy atom. The molecule has 0 saturated carbocycles. The van der Waals surface area contributed by atoms with Crippen LogP contribution in [0.3, 0.4) is 0 Å². The molecule has 1 saturated heterocycles. The Bertz CT molecular complexity index is 564. The molecule has 1 aromatic carbocycles. The summed E-state index contributed by atoms with van der Waals surface area (Å²) < 4.78 is 0. The Kier molecular flexibility index (Phi) is 5.43. The van der Waals surface area contributed by atoms with E-state index >= 15 is 0 Å². The molecule has 1 aliphatic rings. The largest absolute Gasteiger partial charge is 0.480 e. The van der Waals surface area contributed by atoms with E-state index in [-0.39, 0.29) is 30.0 Å². The molecule has 0 aliphatic carbocycles. The third kappa shape index (κ3) is 3.79. The van der Waals surface area contributed by atoms with Crippen molar-refractivity contribution in [2.45, 2.75) is 24.9 Å². The summed E-state index contributed by atoms with van der Waals surface area (Å²) in [7, 11) is 0. The number of hydrogen-bond donors (Lipinski definition) is 3. The predicted octanol–water partition coefficient (Wildman–Crippen LogP) is 0.790. The van der Waals surface area contributed by atoms with Gasteiger partial charge in [0.1, 0.15) is 6.04 Å². The molecule has 1 fully saturated rings. The molecule has 0 aromatic heterocycles. The molecular weight excluding hydrogens is 304 g/mol. The lowest BCUT2D eigenvalue weighted by molar-refractivity contribution is -0.151. The van der Waals surface area contributed by atoms with E-state index in [2.05, 4.69) is 17.9 Å². The first-order valence-electron chi connectivity index (χ1n) is 7.02. The first-order chi connectivity index (χ1) is 10.5. The van der Waals surface area contributed by atoms with Crippen LogP contribution in [-0.2, 0) is 9.59 Å². The molecule has 7 heteroatoms. The minimum Gasteiger partial charge on any atom is -0.480 e. The van der Waals surface area contributed by atoms with E-state index in [4.69, 9.17) is 0 Å². The summed E-state index contributed by atoms with van der Waals surface area (Å²) in [5, 5.41) is 12.1. The number of carboxylic acids is 1. The zero-order valence-corrected chi connectivity index (χ0v) is 12.8. The van der Waals surface area contributed by atoms with Crippen molar-refractivity contribution < 1.29 is 19.5 Å². The number of rotatable bonds is 4. The lowest BCUT2D eigenvalue weighted by atomic mass is 9.96. The normalized spacial score (nSPS) is 21.2. The second-order valence-electron chi connectivity index (χ2n) is 5.16. The highest BCUT2D eigenvalue weighted by Gasteiger charge is 2.36. The maximum atomic E-state index is 12.1. The van der Waals surface area contributed by atoms with E-state index in [0.717, 1.165) is 0 Å². The van der Waals surface area contributed by atoms with E-state index in [0.29, 0.717) is 18.5 Å². The number of nitrogens with zero attached hydrogens (tertiary/aromatic N) is 1. The van der Waals surface area contributed by atoms with Crippen molar-refractivity contribution in [3.05, 3.63) is 35.9 Å². The van der Waals surface area contributed by atoms with Gasteiger partial charge in [0.05, 0.1) is 5.75 Å². The van der Waals surface area contributed by atoms with Crippen molar-refractivity contribution >= 4 is 30.4 Å². The molecule has 0 bridgehead atoms. The average Bonchev–Trinajstić information content (AvgIpc) is 2.54. The monoisotopic (exact) mass is 322 g/mol. The Morgan fingerprint density at radius 2 is 1.95 bits per heavy atom. The summed E-state index contributed by atoms with van der Waals surface area (Å²) in [4.78, 5) is 36.5. The summed E-state index contributed by atoms with van der Waals surface area (Å²) in [6, 6.07) is 7.56. The van der Waals surface area contributed by atoms with Crippen molar-refractivity contribution in [3.63, 3.8) is 0 Å². The first-order valence-corrected chi connectivity index (χ1v) is 7.65. The lowest BCUT2D eigenvalue weighted by Gasteiger charge is -2.37. The number of aliphatic carboxylic acids is 1. The Balaban J connectivity index is 2.02. The van der Waals surface area contributed by atoms with Gasteiger partial charge in [0.2, 0.25) is 5.91 Å². The quantitative estimate of drug-likeness (QED) is 0.715. The number of carbonyl (C=O) groups is 3. The number of carboxylic acid groups (broad SMARTS) is 1. The van der Waals surface area contributed by atoms with Gasteiger partial charge in [-0.3, -0.25) is 9.59 Å². The number of likely N-dealkylation sites (tertiary alicyclic amines) is 1. The van der Waals surface area contributed by atoms with Crippen LogP contribution < -0.4 is 5.32 Å². The number of benzene rings is 1. The van der Waals surface area contributed by atoms with E-state index in [1.165, 1.54) is 4.90 Å². The summed E-state index contributed by atoms with van der Waals surface area (Å²) in [6.45, 7) is 0.302. The number of hydrogen-bond acceptors (Lipinski definition) is 4. The molecule has 1 aliphatic heterocycles. The maximum absolute atomic E-state index is 12.1. The third-order valence-corrected chi connectivity index (χ3v) is 3.98. The molecule has 2 N–H and O–H groups in total. The lowest BCUT2D eigenvalue weighted by Crippen LogP contribution is -2.55. The molecule has 1 aromatic rings. The molecule has 0 radical (unpaired) electrons. The standard InChI is InChI=1S/C15H18N2O4S/c18-13(9-22)17-7-6-11(8-12(17)15(20)21)16-14(19)10-4-2-1-3-5-10/h1-5,11-12,22H,6-9H2,(H,16,19)(H,20,21). The van der Waals surface area contributed by atoms with Crippen molar-refractivity contribution in [3.8, 4) is 0 Å². The summed E-state index contributed by atoms with van der Waals surface area (Å²) >= 11 is 3.91. The van der Waals surface area contributed by atoms with Gasteiger partial charge in [0, 0.05) is 18.2 Å². The highest BCUT2D eigenvalue weighted by molar-refractivity contribution is 7.81. The fourth-order valence-corrected chi connectivity index (χ4v) is 2.76. The van der Waals surface area contributed by atoms with E-state index in [9.17, 15) is 19.5 Å². The van der Waals surface area contributed by atoms with Crippen molar-refractivity contribution in [2.24, 2.45) is 0 Å². The van der Waals surface area contributed by atoms with Crippen LogP contribution in [0.15, 0.2) is 30.3 Å². The van der Waals surface area contributed by atoms with Gasteiger partial charge < -0.3 is 15.3 Å². The summed E-state index contributed by atoms with van der Waals surface area (Å²) in [5.41, 5.74) is 0.531. The zero-order chi connectivity index (χ0) is 16.1. The number of thiol groups is 1. The maximum Gasteiger partial charge on any atom is 0.326 e. The van der Waals surface area contributed by atoms with Crippen LogP contribution in [0.4, 0.5) is 0 Å². The number of carbonyl (C=O) groups excluding carboxylic acids is 2. The van der Waals surface area contributed by atoms with Gasteiger partial charge in [-0.15, -0.1) is 0 Å². The molecular formula is C15H18N2O4S. The molecule has 2 amide bonds. The smallest absolute Gasteiger partial charge is 0.326 e. The first kappa shape index (κ1) is 16.4. The second-order valence-corrected chi connectivity index (χ2v) is 5.48. The average molecular weight is 322 g/mol. The zero-order valence-electron chi connectivity index (χ0n) is 11.9. The van der Waals surface area contributed by atoms with Crippen molar-refractivity contribution in [2.75, 3.05) is 12.3 Å². The van der Waals surface area contributed by atoms with E-state index in [1.807, 2.05) is 6.07 Å². The fraction of sp³-hybridized carbons (Fsp3) is 0.400. The molecule has 0 spiro atoms. The van der Waals surface area contributed by atoms with Gasteiger partial charge >= 0.3 is 5.97 Å². The molecule has 2 unspecified atom stereocenters. The van der Waals surface area contributed by atoms with Crippen LogP contribution in [0.2, 0.25) is 0 Å². The highest BCUT2D eigenvalue weighted by Crippen LogP contribution is 2.19. The minimum absolute atomic E-state index is 0.0230. The van der Waals surface area contributed by atoms with Crippen LogP contribution >= 0.6 is 12.6 Å². The number of piperidine rings is 1. The highest BCUT2D eigenvalue weighted by atomic mass is 32.1. The fourth-order valence-electron chi connectivity index (χ4n) is 2.58. The van der Waals surface area contributed by atoms with Gasteiger partial charge in [-0.05, 0) is 25.0 Å². The van der Waals surface area contributed by atoms with Crippen LogP contribution in [0.5, 0.6) is 0 Å². The Labute approximate surface area is 133 Å². The van der Waals surface area contributed by atoms with Gasteiger partial charge in [0.25, 0.3) is 5.91 Å².